The van der Waals surface area contributed by atoms with E-state index in [1.54, 1.807) is 24.3 Å². The van der Waals surface area contributed by atoms with Crippen LogP contribution in [-0.2, 0) is 11.2 Å². The number of carbonyl (C=O) groups excluding carboxylic acids is 1. The number of anilines is 1. The highest BCUT2D eigenvalue weighted by Gasteiger charge is 2.15. The number of carboxylic acid groups (broad SMARTS) is 1. The number of benzene rings is 1. The molecular weight excluding hydrogens is 462 g/mol. The second-order valence-corrected chi connectivity index (χ2v) is 9.45. The van der Waals surface area contributed by atoms with E-state index in [0.29, 0.717) is 31.3 Å². The number of aromatic carboxylic acids is 1. The third-order valence-electron chi connectivity index (χ3n) is 5.05. The van der Waals surface area contributed by atoms with Crippen molar-refractivity contribution >= 4 is 18.0 Å². The molecule has 36 heavy (non-hydrogen) atoms. The molecule has 2 rings (SSSR count). The summed E-state index contributed by atoms with van der Waals surface area (Å²) >= 11 is 0. The number of aromatic nitrogens is 3. The number of nitrogens with one attached hydrogen (secondary N) is 2. The summed E-state index contributed by atoms with van der Waals surface area (Å²) in [5, 5.41) is 15.1. The third kappa shape index (κ3) is 11.8. The minimum atomic E-state index is -0.956. The van der Waals surface area contributed by atoms with Crippen LogP contribution in [-0.4, -0.2) is 57.4 Å². The molecule has 1 amide bonds. The van der Waals surface area contributed by atoms with Crippen LogP contribution >= 0.6 is 0 Å². The van der Waals surface area contributed by atoms with E-state index in [9.17, 15) is 9.59 Å². The molecule has 0 aliphatic carbocycles. The van der Waals surface area contributed by atoms with Gasteiger partial charge in [-0.05, 0) is 58.2 Å². The van der Waals surface area contributed by atoms with Gasteiger partial charge in [0.2, 0.25) is 5.95 Å². The van der Waals surface area contributed by atoms with Crippen molar-refractivity contribution in [1.29, 1.82) is 0 Å². The molecule has 10 heteroatoms. The van der Waals surface area contributed by atoms with Crippen LogP contribution in [0.1, 0.15) is 88.0 Å². The zero-order valence-corrected chi connectivity index (χ0v) is 21.8. The molecule has 3 N–H and O–H groups in total. The molecule has 0 spiro atoms. The van der Waals surface area contributed by atoms with Crippen LogP contribution in [0.5, 0.6) is 6.01 Å². The highest BCUT2D eigenvalue weighted by molar-refractivity contribution is 5.87. The molecule has 198 valence electrons. The van der Waals surface area contributed by atoms with Crippen molar-refractivity contribution in [3.8, 4) is 6.01 Å². The first-order valence-corrected chi connectivity index (χ1v) is 12.6. The topological polar surface area (TPSA) is 136 Å². The Morgan fingerprint density at radius 1 is 0.917 bits per heavy atom. The van der Waals surface area contributed by atoms with Gasteiger partial charge in [0, 0.05) is 19.5 Å². The number of rotatable bonds is 15. The molecule has 0 aliphatic rings. The van der Waals surface area contributed by atoms with Gasteiger partial charge < -0.3 is 25.2 Å². The lowest BCUT2D eigenvalue weighted by molar-refractivity contribution is 0.0526. The number of ether oxygens (including phenoxy) is 2. The van der Waals surface area contributed by atoms with Crippen LogP contribution in [0.4, 0.5) is 10.7 Å². The van der Waals surface area contributed by atoms with Crippen molar-refractivity contribution in [2.75, 3.05) is 25.0 Å². The smallest absolute Gasteiger partial charge is 0.407 e. The summed E-state index contributed by atoms with van der Waals surface area (Å²) in [6.07, 6.45) is 6.37. The Labute approximate surface area is 213 Å². The predicted octanol–water partition coefficient (Wildman–Crippen LogP) is 4.84. The molecule has 0 saturated heterocycles. The Balaban J connectivity index is 1.69. The fourth-order valence-corrected chi connectivity index (χ4v) is 3.36. The third-order valence-corrected chi connectivity index (χ3v) is 5.05. The highest BCUT2D eigenvalue weighted by Crippen LogP contribution is 2.14. The number of nitrogens with zero attached hydrogens (tertiary/aromatic N) is 3. The van der Waals surface area contributed by atoms with Crippen LogP contribution in [0.2, 0.25) is 0 Å². The average Bonchev–Trinajstić information content (AvgIpc) is 2.79. The van der Waals surface area contributed by atoms with Crippen molar-refractivity contribution in [2.45, 2.75) is 78.2 Å². The Morgan fingerprint density at radius 3 is 2.17 bits per heavy atom. The van der Waals surface area contributed by atoms with E-state index in [0.717, 1.165) is 50.6 Å². The van der Waals surface area contributed by atoms with Crippen molar-refractivity contribution in [1.82, 2.24) is 20.3 Å². The quantitative estimate of drug-likeness (QED) is 0.293. The van der Waals surface area contributed by atoms with E-state index in [2.05, 4.69) is 25.6 Å². The molecular formula is C26H39N5O5. The summed E-state index contributed by atoms with van der Waals surface area (Å²) in [5.41, 5.74) is 0.673. The van der Waals surface area contributed by atoms with E-state index >= 15 is 0 Å². The number of hydrogen-bond acceptors (Lipinski definition) is 8. The van der Waals surface area contributed by atoms with Crippen molar-refractivity contribution in [2.24, 2.45) is 0 Å². The summed E-state index contributed by atoms with van der Waals surface area (Å²) < 4.78 is 10.7. The fourth-order valence-electron chi connectivity index (χ4n) is 3.36. The van der Waals surface area contributed by atoms with E-state index in [4.69, 9.17) is 14.6 Å². The summed E-state index contributed by atoms with van der Waals surface area (Å²) in [6.45, 7) is 9.24. The SMILES string of the molecule is CCOc1nc(Cc2ccc(C(=O)O)cc2)nc(NCCCCCCCCNC(=O)OC(C)(C)C)n1. The second-order valence-electron chi connectivity index (χ2n) is 9.45. The molecule has 2 aromatic rings. The molecule has 0 fully saturated rings. The average molecular weight is 502 g/mol. The molecule has 1 aromatic heterocycles. The number of unbranched alkanes of at least 4 members (excludes halogenated alkanes) is 5. The largest absolute Gasteiger partial charge is 0.478 e. The number of amides is 1. The highest BCUT2D eigenvalue weighted by atomic mass is 16.6. The van der Waals surface area contributed by atoms with Crippen LogP contribution in [0.25, 0.3) is 0 Å². The van der Waals surface area contributed by atoms with E-state index in [1.807, 2.05) is 27.7 Å². The zero-order chi connectivity index (χ0) is 26.4. The predicted molar refractivity (Wildman–Crippen MR) is 138 cm³/mol. The number of hydrogen-bond donors (Lipinski definition) is 3. The van der Waals surface area contributed by atoms with Crippen LogP contribution in [0.3, 0.4) is 0 Å². The first kappa shape index (κ1) is 28.8. The van der Waals surface area contributed by atoms with Crippen LogP contribution in [0, 0.1) is 0 Å². The first-order valence-electron chi connectivity index (χ1n) is 12.6. The number of carboxylic acids is 1. The first-order chi connectivity index (χ1) is 17.2. The molecule has 0 aliphatic heterocycles. The van der Waals surface area contributed by atoms with Crippen LogP contribution in [0.15, 0.2) is 24.3 Å². The Hall–Kier alpha value is -3.43. The standard InChI is InChI=1S/C26H39N5O5/c1-5-35-24-30-21(18-19-12-14-20(15-13-19)22(32)33)29-23(31-24)27-16-10-8-6-7-9-11-17-28-25(34)36-26(2,3)4/h12-15H,5-11,16-18H2,1-4H3,(H,28,34)(H,32,33)(H,27,29,30,31). The monoisotopic (exact) mass is 501 g/mol. The van der Waals surface area contributed by atoms with Gasteiger partial charge in [-0.15, -0.1) is 0 Å². The number of alkyl carbamates (subject to hydrolysis) is 1. The van der Waals surface area contributed by atoms with Gasteiger partial charge >= 0.3 is 18.1 Å². The van der Waals surface area contributed by atoms with Gasteiger partial charge in [-0.2, -0.15) is 15.0 Å². The Bertz CT molecular complexity index is 960. The minimum absolute atomic E-state index is 0.240. The Morgan fingerprint density at radius 2 is 1.56 bits per heavy atom. The molecule has 0 bridgehead atoms. The molecule has 0 unspecified atom stereocenters. The normalized spacial score (nSPS) is 11.1. The summed E-state index contributed by atoms with van der Waals surface area (Å²) in [4.78, 5) is 35.8. The maximum atomic E-state index is 11.6. The van der Waals surface area contributed by atoms with Gasteiger partial charge in [-0.25, -0.2) is 9.59 Å². The van der Waals surface area contributed by atoms with Crippen molar-refractivity contribution < 1.29 is 24.2 Å². The van der Waals surface area contributed by atoms with Crippen LogP contribution < -0.4 is 15.4 Å². The lowest BCUT2D eigenvalue weighted by Crippen LogP contribution is -2.32. The molecule has 0 radical (unpaired) electrons. The van der Waals surface area contributed by atoms with Gasteiger partial charge in [0.25, 0.3) is 0 Å². The van der Waals surface area contributed by atoms with Gasteiger partial charge in [0.15, 0.2) is 0 Å². The lowest BCUT2D eigenvalue weighted by Gasteiger charge is -2.19. The van der Waals surface area contributed by atoms with Crippen molar-refractivity contribution in [3.63, 3.8) is 0 Å². The van der Waals surface area contributed by atoms with Gasteiger partial charge in [0.1, 0.15) is 11.4 Å². The molecule has 0 atom stereocenters. The van der Waals surface area contributed by atoms with E-state index in [1.165, 1.54) is 0 Å². The summed E-state index contributed by atoms with van der Waals surface area (Å²) in [7, 11) is 0. The minimum Gasteiger partial charge on any atom is -0.478 e. The van der Waals surface area contributed by atoms with Gasteiger partial charge in [0.05, 0.1) is 12.2 Å². The molecule has 0 saturated carbocycles. The zero-order valence-electron chi connectivity index (χ0n) is 21.8. The number of carbonyl (C=O) groups is 2. The lowest BCUT2D eigenvalue weighted by atomic mass is 10.1. The molecule has 1 aromatic carbocycles. The summed E-state index contributed by atoms with van der Waals surface area (Å²) in [5.74, 6) is 0.0693. The van der Waals surface area contributed by atoms with Gasteiger partial charge in [-0.3, -0.25) is 0 Å². The maximum absolute atomic E-state index is 11.6. The summed E-state index contributed by atoms with van der Waals surface area (Å²) in [6, 6.07) is 6.92. The maximum Gasteiger partial charge on any atom is 0.407 e. The fraction of sp³-hybridized carbons (Fsp3) is 0.577. The molecule has 1 heterocycles. The molecule has 10 nitrogen and oxygen atoms in total. The van der Waals surface area contributed by atoms with Crippen molar-refractivity contribution in [3.05, 3.63) is 41.2 Å². The Kier molecular flexibility index (Phi) is 11.9. The van der Waals surface area contributed by atoms with E-state index < -0.39 is 11.6 Å². The second kappa shape index (κ2) is 14.9. The van der Waals surface area contributed by atoms with E-state index in [-0.39, 0.29) is 17.7 Å². The van der Waals surface area contributed by atoms with Gasteiger partial charge in [-0.1, -0.05) is 37.8 Å².